The van der Waals surface area contributed by atoms with E-state index in [0.29, 0.717) is 11.5 Å². The van der Waals surface area contributed by atoms with Gasteiger partial charge in [0.2, 0.25) is 0 Å². The number of rotatable bonds is 5. The lowest BCUT2D eigenvalue weighted by Gasteiger charge is -2.09. The molecule has 138 valence electrons. The lowest BCUT2D eigenvalue weighted by atomic mass is 10.2. The summed E-state index contributed by atoms with van der Waals surface area (Å²) in [7, 11) is -3.99. The van der Waals surface area contributed by atoms with Crippen molar-refractivity contribution in [3.8, 4) is 17.2 Å². The Bertz CT molecular complexity index is 1010. The molecule has 0 aliphatic rings. The quantitative estimate of drug-likeness (QED) is 0.712. The molecular weight excluding hydrogens is 366 g/mol. The third kappa shape index (κ3) is 5.08. The molecule has 1 amide bonds. The maximum absolute atomic E-state index is 12.2. The fraction of sp³-hybridized carbons (Fsp3) is 0.0500. The summed E-state index contributed by atoms with van der Waals surface area (Å²) in [6.45, 7) is 1.84. The van der Waals surface area contributed by atoms with E-state index in [4.69, 9.17) is 9.47 Å². The first-order chi connectivity index (χ1) is 12.9. The lowest BCUT2D eigenvalue weighted by molar-refractivity contribution is 0.206. The molecule has 0 aliphatic heterocycles. The molecule has 0 atom stereocenters. The second kappa shape index (κ2) is 7.92. The SMILES string of the molecule is Cc1ccc(S(=O)(=O)NC(=O)Oc2ccc(Oc3ccccc3)cc2)cc1. The van der Waals surface area contributed by atoms with Crippen LogP contribution in [0.1, 0.15) is 5.56 Å². The van der Waals surface area contributed by atoms with Crippen LogP contribution in [0.2, 0.25) is 0 Å². The average molecular weight is 383 g/mol. The lowest BCUT2D eigenvalue weighted by Crippen LogP contribution is -2.33. The first kappa shape index (κ1) is 18.5. The number of hydrogen-bond donors (Lipinski definition) is 1. The highest BCUT2D eigenvalue weighted by atomic mass is 32.2. The Labute approximate surface area is 157 Å². The summed E-state index contributed by atoms with van der Waals surface area (Å²) in [5.41, 5.74) is 0.911. The maximum atomic E-state index is 12.2. The van der Waals surface area contributed by atoms with Crippen molar-refractivity contribution in [2.75, 3.05) is 0 Å². The van der Waals surface area contributed by atoms with Gasteiger partial charge in [-0.15, -0.1) is 0 Å². The van der Waals surface area contributed by atoms with Gasteiger partial charge >= 0.3 is 6.09 Å². The number of nitrogens with one attached hydrogen (secondary N) is 1. The Morgan fingerprint density at radius 1 is 0.778 bits per heavy atom. The number of benzene rings is 3. The van der Waals surface area contributed by atoms with E-state index in [-0.39, 0.29) is 10.6 Å². The van der Waals surface area contributed by atoms with E-state index in [9.17, 15) is 13.2 Å². The Morgan fingerprint density at radius 3 is 1.96 bits per heavy atom. The zero-order valence-corrected chi connectivity index (χ0v) is 15.3. The minimum atomic E-state index is -3.99. The van der Waals surface area contributed by atoms with Crippen molar-refractivity contribution in [1.29, 1.82) is 0 Å². The highest BCUT2D eigenvalue weighted by Gasteiger charge is 2.18. The minimum absolute atomic E-state index is 0.0170. The van der Waals surface area contributed by atoms with Crippen LogP contribution in [-0.2, 0) is 10.0 Å². The van der Waals surface area contributed by atoms with Gasteiger partial charge in [-0.05, 0) is 55.5 Å². The van der Waals surface area contributed by atoms with E-state index < -0.39 is 16.1 Å². The number of carbonyl (C=O) groups is 1. The van der Waals surface area contributed by atoms with Gasteiger partial charge in [0, 0.05) is 0 Å². The fourth-order valence-electron chi connectivity index (χ4n) is 2.21. The maximum Gasteiger partial charge on any atom is 0.426 e. The van der Waals surface area contributed by atoms with Crippen molar-refractivity contribution < 1.29 is 22.7 Å². The first-order valence-electron chi connectivity index (χ1n) is 8.07. The smallest absolute Gasteiger partial charge is 0.426 e. The molecule has 3 rings (SSSR count). The molecule has 7 heteroatoms. The zero-order chi connectivity index (χ0) is 19.3. The summed E-state index contributed by atoms with van der Waals surface area (Å²) in [5.74, 6) is 1.42. The van der Waals surface area contributed by atoms with Crippen LogP contribution in [0.15, 0.2) is 83.8 Å². The van der Waals surface area contributed by atoms with Crippen LogP contribution in [-0.4, -0.2) is 14.5 Å². The van der Waals surface area contributed by atoms with Crippen molar-refractivity contribution in [3.63, 3.8) is 0 Å². The molecule has 0 saturated heterocycles. The van der Waals surface area contributed by atoms with E-state index in [1.54, 1.807) is 24.3 Å². The van der Waals surface area contributed by atoms with Crippen LogP contribution in [0.3, 0.4) is 0 Å². The molecule has 0 aliphatic carbocycles. The third-order valence-electron chi connectivity index (χ3n) is 3.56. The fourth-order valence-corrected chi connectivity index (χ4v) is 3.09. The first-order valence-corrected chi connectivity index (χ1v) is 9.55. The monoisotopic (exact) mass is 383 g/mol. The molecule has 0 spiro atoms. The minimum Gasteiger partial charge on any atom is -0.457 e. The molecular formula is C20H17NO5S. The van der Waals surface area contributed by atoms with Crippen molar-refractivity contribution in [2.24, 2.45) is 0 Å². The van der Waals surface area contributed by atoms with Gasteiger partial charge < -0.3 is 9.47 Å². The van der Waals surface area contributed by atoms with Crippen LogP contribution in [0.5, 0.6) is 17.2 Å². The molecule has 1 N–H and O–H groups in total. The van der Waals surface area contributed by atoms with Crippen LogP contribution in [0.25, 0.3) is 0 Å². The molecule has 0 unspecified atom stereocenters. The largest absolute Gasteiger partial charge is 0.457 e. The van der Waals surface area contributed by atoms with Gasteiger partial charge in [0.05, 0.1) is 4.90 Å². The molecule has 0 heterocycles. The molecule has 0 radical (unpaired) electrons. The molecule has 0 bridgehead atoms. The number of para-hydroxylation sites is 1. The van der Waals surface area contributed by atoms with Crippen LogP contribution >= 0.6 is 0 Å². The second-order valence-electron chi connectivity index (χ2n) is 5.69. The number of amides is 1. The number of aryl methyl sites for hydroxylation is 1. The van der Waals surface area contributed by atoms with E-state index in [1.165, 1.54) is 24.3 Å². The number of sulfonamides is 1. The van der Waals surface area contributed by atoms with Crippen molar-refractivity contribution in [3.05, 3.63) is 84.4 Å². The van der Waals surface area contributed by atoms with Crippen molar-refractivity contribution in [1.82, 2.24) is 4.72 Å². The number of hydrogen-bond acceptors (Lipinski definition) is 5. The Hall–Kier alpha value is -3.32. The summed E-state index contributed by atoms with van der Waals surface area (Å²) in [4.78, 5) is 11.9. The van der Waals surface area contributed by atoms with Gasteiger partial charge in [0.15, 0.2) is 0 Å². The van der Waals surface area contributed by atoms with E-state index in [2.05, 4.69) is 0 Å². The molecule has 0 fully saturated rings. The molecule has 27 heavy (non-hydrogen) atoms. The number of ether oxygens (including phenoxy) is 2. The van der Waals surface area contributed by atoms with Crippen molar-refractivity contribution in [2.45, 2.75) is 11.8 Å². The Morgan fingerprint density at radius 2 is 1.33 bits per heavy atom. The molecule has 6 nitrogen and oxygen atoms in total. The van der Waals surface area contributed by atoms with Crippen LogP contribution in [0.4, 0.5) is 4.79 Å². The van der Waals surface area contributed by atoms with Gasteiger partial charge in [-0.3, -0.25) is 0 Å². The Balaban J connectivity index is 1.61. The second-order valence-corrected chi connectivity index (χ2v) is 7.38. The number of carbonyl (C=O) groups excluding carboxylic acids is 1. The van der Waals surface area contributed by atoms with E-state index >= 15 is 0 Å². The van der Waals surface area contributed by atoms with E-state index in [0.717, 1.165) is 5.56 Å². The summed E-state index contributed by atoms with van der Waals surface area (Å²) < 4.78 is 36.9. The normalized spacial score (nSPS) is 10.9. The van der Waals surface area contributed by atoms with Crippen LogP contribution in [0, 0.1) is 6.92 Å². The van der Waals surface area contributed by atoms with Gasteiger partial charge in [-0.2, -0.15) is 0 Å². The molecule has 3 aromatic rings. The zero-order valence-electron chi connectivity index (χ0n) is 14.5. The van der Waals surface area contributed by atoms with Gasteiger partial charge in [-0.1, -0.05) is 35.9 Å². The topological polar surface area (TPSA) is 81.7 Å². The van der Waals surface area contributed by atoms with E-state index in [1.807, 2.05) is 42.0 Å². The van der Waals surface area contributed by atoms with Gasteiger partial charge in [-0.25, -0.2) is 17.9 Å². The molecule has 0 saturated carbocycles. The van der Waals surface area contributed by atoms with Crippen molar-refractivity contribution >= 4 is 16.1 Å². The highest BCUT2D eigenvalue weighted by molar-refractivity contribution is 7.90. The highest BCUT2D eigenvalue weighted by Crippen LogP contribution is 2.23. The average Bonchev–Trinajstić information content (AvgIpc) is 2.64. The predicted molar refractivity (Wildman–Crippen MR) is 100 cm³/mol. The molecule has 3 aromatic carbocycles. The Kier molecular flexibility index (Phi) is 5.42. The third-order valence-corrected chi connectivity index (χ3v) is 4.89. The summed E-state index contributed by atoms with van der Waals surface area (Å²) in [5, 5.41) is 0. The molecule has 0 aromatic heterocycles. The predicted octanol–water partition coefficient (Wildman–Crippen LogP) is 4.26. The van der Waals surface area contributed by atoms with Crippen LogP contribution < -0.4 is 14.2 Å². The van der Waals surface area contributed by atoms with Gasteiger partial charge in [0.1, 0.15) is 17.2 Å². The summed E-state index contributed by atoms with van der Waals surface area (Å²) in [6.07, 6.45) is -1.09. The van der Waals surface area contributed by atoms with Gasteiger partial charge in [0.25, 0.3) is 10.0 Å². The standard InChI is InChI=1S/C20H17NO5S/c1-15-7-13-19(14-8-15)27(23,24)21-20(22)26-18-11-9-17(10-12-18)25-16-5-3-2-4-6-16/h2-14H,1H3,(H,21,22). The summed E-state index contributed by atoms with van der Waals surface area (Å²) >= 11 is 0. The summed E-state index contributed by atoms with van der Waals surface area (Å²) in [6, 6.07) is 21.6.